The SMILES string of the molecule is Cc1nnc(SCC(=O)O)n1CCc1cccc(F)c1. The van der Waals surface area contributed by atoms with Crippen LogP contribution in [0, 0.1) is 12.7 Å². The number of benzene rings is 1. The Morgan fingerprint density at radius 3 is 2.95 bits per heavy atom. The largest absolute Gasteiger partial charge is 0.481 e. The van der Waals surface area contributed by atoms with E-state index < -0.39 is 5.97 Å². The van der Waals surface area contributed by atoms with Crippen molar-refractivity contribution >= 4 is 17.7 Å². The van der Waals surface area contributed by atoms with Gasteiger partial charge in [0, 0.05) is 6.54 Å². The summed E-state index contributed by atoms with van der Waals surface area (Å²) in [7, 11) is 0. The summed E-state index contributed by atoms with van der Waals surface area (Å²) in [6, 6.07) is 6.42. The highest BCUT2D eigenvalue weighted by Gasteiger charge is 2.11. The lowest BCUT2D eigenvalue weighted by molar-refractivity contribution is -0.133. The average molecular weight is 295 g/mol. The van der Waals surface area contributed by atoms with Crippen molar-refractivity contribution in [2.75, 3.05) is 5.75 Å². The first-order valence-corrected chi connectivity index (χ1v) is 7.03. The molecule has 0 amide bonds. The molecule has 2 rings (SSSR count). The number of thioether (sulfide) groups is 1. The molecule has 0 fully saturated rings. The molecule has 0 saturated carbocycles. The van der Waals surface area contributed by atoms with Crippen LogP contribution in [0.3, 0.4) is 0 Å². The van der Waals surface area contributed by atoms with Crippen molar-refractivity contribution in [3.8, 4) is 0 Å². The zero-order valence-electron chi connectivity index (χ0n) is 10.9. The summed E-state index contributed by atoms with van der Waals surface area (Å²) in [5, 5.41) is 17.2. The topological polar surface area (TPSA) is 68.0 Å². The third kappa shape index (κ3) is 3.80. The third-order valence-electron chi connectivity index (χ3n) is 2.74. The number of carbonyl (C=O) groups is 1. The van der Waals surface area contributed by atoms with Crippen LogP contribution in [-0.4, -0.2) is 31.6 Å². The maximum atomic E-state index is 13.1. The Kier molecular flexibility index (Phi) is 4.73. The first kappa shape index (κ1) is 14.5. The van der Waals surface area contributed by atoms with Crippen molar-refractivity contribution in [3.05, 3.63) is 41.5 Å². The molecule has 1 heterocycles. The molecule has 106 valence electrons. The summed E-state index contributed by atoms with van der Waals surface area (Å²) in [6.07, 6.45) is 0.636. The van der Waals surface area contributed by atoms with Crippen LogP contribution in [0.4, 0.5) is 4.39 Å². The van der Waals surface area contributed by atoms with E-state index in [1.54, 1.807) is 6.07 Å². The van der Waals surface area contributed by atoms with Gasteiger partial charge in [0.15, 0.2) is 5.16 Å². The van der Waals surface area contributed by atoms with E-state index in [-0.39, 0.29) is 11.6 Å². The van der Waals surface area contributed by atoms with E-state index >= 15 is 0 Å². The van der Waals surface area contributed by atoms with Gasteiger partial charge < -0.3 is 9.67 Å². The van der Waals surface area contributed by atoms with Gasteiger partial charge in [-0.25, -0.2) is 4.39 Å². The third-order valence-corrected chi connectivity index (χ3v) is 3.69. The fourth-order valence-corrected chi connectivity index (χ4v) is 2.52. The number of aromatic nitrogens is 3. The molecule has 7 heteroatoms. The molecule has 1 aromatic carbocycles. The van der Waals surface area contributed by atoms with Crippen LogP contribution in [0.5, 0.6) is 0 Å². The van der Waals surface area contributed by atoms with Gasteiger partial charge in [0.1, 0.15) is 11.6 Å². The van der Waals surface area contributed by atoms with Gasteiger partial charge in [-0.3, -0.25) is 4.79 Å². The molecule has 0 saturated heterocycles. The molecule has 1 aromatic heterocycles. The predicted molar refractivity (Wildman–Crippen MR) is 73.2 cm³/mol. The Balaban J connectivity index is 2.05. The van der Waals surface area contributed by atoms with E-state index in [1.165, 1.54) is 12.1 Å². The lowest BCUT2D eigenvalue weighted by atomic mass is 10.1. The molecule has 0 aliphatic carbocycles. The van der Waals surface area contributed by atoms with Gasteiger partial charge in [-0.1, -0.05) is 23.9 Å². The maximum Gasteiger partial charge on any atom is 0.313 e. The Morgan fingerprint density at radius 1 is 1.45 bits per heavy atom. The van der Waals surface area contributed by atoms with Crippen molar-refractivity contribution in [2.24, 2.45) is 0 Å². The quantitative estimate of drug-likeness (QED) is 0.827. The molecule has 0 aliphatic rings. The number of halogens is 1. The van der Waals surface area contributed by atoms with Crippen LogP contribution in [-0.2, 0) is 17.8 Å². The summed E-state index contributed by atoms with van der Waals surface area (Å²) >= 11 is 1.13. The van der Waals surface area contributed by atoms with Gasteiger partial charge in [-0.15, -0.1) is 10.2 Å². The molecular weight excluding hydrogens is 281 g/mol. The minimum atomic E-state index is -0.896. The first-order valence-electron chi connectivity index (χ1n) is 6.05. The number of hydrogen-bond acceptors (Lipinski definition) is 4. The van der Waals surface area contributed by atoms with E-state index in [9.17, 15) is 9.18 Å². The Labute approximate surface area is 119 Å². The van der Waals surface area contributed by atoms with Crippen LogP contribution in [0.2, 0.25) is 0 Å². The number of nitrogens with zero attached hydrogens (tertiary/aromatic N) is 3. The second kappa shape index (κ2) is 6.51. The van der Waals surface area contributed by atoms with Crippen molar-refractivity contribution in [1.29, 1.82) is 0 Å². The standard InChI is InChI=1S/C13H14FN3O2S/c1-9-15-16-13(20-8-12(18)19)17(9)6-5-10-3-2-4-11(14)7-10/h2-4,7H,5-6,8H2,1H3,(H,18,19). The number of carboxylic acid groups (broad SMARTS) is 1. The normalized spacial score (nSPS) is 10.7. The fraction of sp³-hybridized carbons (Fsp3) is 0.308. The van der Waals surface area contributed by atoms with Crippen molar-refractivity contribution in [1.82, 2.24) is 14.8 Å². The highest BCUT2D eigenvalue weighted by Crippen LogP contribution is 2.17. The van der Waals surface area contributed by atoms with Crippen LogP contribution >= 0.6 is 11.8 Å². The minimum Gasteiger partial charge on any atom is -0.481 e. The molecule has 0 radical (unpaired) electrons. The number of carboxylic acids is 1. The monoisotopic (exact) mass is 295 g/mol. The van der Waals surface area contributed by atoms with Gasteiger partial charge in [0.2, 0.25) is 0 Å². The number of aryl methyl sites for hydroxylation is 2. The molecule has 2 aromatic rings. The summed E-state index contributed by atoms with van der Waals surface area (Å²) in [6.45, 7) is 2.40. The molecule has 0 bridgehead atoms. The summed E-state index contributed by atoms with van der Waals surface area (Å²) < 4.78 is 14.9. The van der Waals surface area contributed by atoms with Crippen LogP contribution in [0.25, 0.3) is 0 Å². The predicted octanol–water partition coefficient (Wildman–Crippen LogP) is 2.15. The summed E-state index contributed by atoms with van der Waals surface area (Å²) in [5.41, 5.74) is 0.882. The second-order valence-electron chi connectivity index (χ2n) is 4.24. The van der Waals surface area contributed by atoms with Gasteiger partial charge >= 0.3 is 5.97 Å². The highest BCUT2D eigenvalue weighted by molar-refractivity contribution is 7.99. The van der Waals surface area contributed by atoms with Crippen LogP contribution in [0.15, 0.2) is 29.4 Å². The van der Waals surface area contributed by atoms with E-state index in [1.807, 2.05) is 17.6 Å². The Morgan fingerprint density at radius 2 is 2.25 bits per heavy atom. The lowest BCUT2D eigenvalue weighted by Crippen LogP contribution is -2.07. The van der Waals surface area contributed by atoms with Crippen molar-refractivity contribution < 1.29 is 14.3 Å². The molecule has 0 spiro atoms. The number of hydrogen-bond donors (Lipinski definition) is 1. The molecule has 0 aliphatic heterocycles. The van der Waals surface area contributed by atoms with Gasteiger partial charge in [0.25, 0.3) is 0 Å². The molecule has 1 N–H and O–H groups in total. The summed E-state index contributed by atoms with van der Waals surface area (Å²) in [4.78, 5) is 10.6. The molecular formula is C13H14FN3O2S. The summed E-state index contributed by atoms with van der Waals surface area (Å²) in [5.74, 6) is -0.497. The molecule has 0 atom stereocenters. The van der Waals surface area contributed by atoms with E-state index in [2.05, 4.69) is 10.2 Å². The van der Waals surface area contributed by atoms with Gasteiger partial charge in [-0.05, 0) is 31.0 Å². The van der Waals surface area contributed by atoms with E-state index in [4.69, 9.17) is 5.11 Å². The Hall–Kier alpha value is -1.89. The lowest BCUT2D eigenvalue weighted by Gasteiger charge is -2.07. The average Bonchev–Trinajstić information content (AvgIpc) is 2.75. The minimum absolute atomic E-state index is 0.0574. The van der Waals surface area contributed by atoms with Crippen molar-refractivity contribution in [2.45, 2.75) is 25.0 Å². The smallest absolute Gasteiger partial charge is 0.313 e. The van der Waals surface area contributed by atoms with Crippen molar-refractivity contribution in [3.63, 3.8) is 0 Å². The van der Waals surface area contributed by atoms with E-state index in [0.29, 0.717) is 23.9 Å². The number of aliphatic carboxylic acids is 1. The van der Waals surface area contributed by atoms with Crippen LogP contribution < -0.4 is 0 Å². The maximum absolute atomic E-state index is 13.1. The second-order valence-corrected chi connectivity index (χ2v) is 5.19. The Bertz CT molecular complexity index is 615. The molecule has 5 nitrogen and oxygen atoms in total. The van der Waals surface area contributed by atoms with Gasteiger partial charge in [-0.2, -0.15) is 0 Å². The first-order chi connectivity index (χ1) is 9.56. The fourth-order valence-electron chi connectivity index (χ4n) is 1.79. The number of rotatable bonds is 6. The molecule has 20 heavy (non-hydrogen) atoms. The zero-order chi connectivity index (χ0) is 14.5. The highest BCUT2D eigenvalue weighted by atomic mass is 32.2. The van der Waals surface area contributed by atoms with Gasteiger partial charge in [0.05, 0.1) is 5.75 Å². The van der Waals surface area contributed by atoms with E-state index in [0.717, 1.165) is 17.3 Å². The van der Waals surface area contributed by atoms with Crippen LogP contribution in [0.1, 0.15) is 11.4 Å². The molecule has 0 unspecified atom stereocenters. The zero-order valence-corrected chi connectivity index (χ0v) is 11.7.